The van der Waals surface area contributed by atoms with Gasteiger partial charge in [-0.1, -0.05) is 12.8 Å². The van der Waals surface area contributed by atoms with Crippen LogP contribution in [0.3, 0.4) is 0 Å². The molecule has 1 aromatic rings. The number of nitrogens with one attached hydrogen (secondary N) is 2. The molecule has 3 fully saturated rings. The third-order valence-corrected chi connectivity index (χ3v) is 6.52. The normalized spacial score (nSPS) is 32.1. The highest BCUT2D eigenvalue weighted by Crippen LogP contribution is 2.60. The zero-order valence-electron chi connectivity index (χ0n) is 15.8. The molecule has 3 aliphatic rings. The summed E-state index contributed by atoms with van der Waals surface area (Å²) >= 11 is 0. The van der Waals surface area contributed by atoms with Crippen LogP contribution in [-0.2, 0) is 10.3 Å². The molecule has 6 nitrogen and oxygen atoms in total. The van der Waals surface area contributed by atoms with Gasteiger partial charge in [0.1, 0.15) is 11.4 Å². The molecule has 4 atom stereocenters. The lowest BCUT2D eigenvalue weighted by Crippen LogP contribution is -2.69. The molecule has 1 saturated heterocycles. The monoisotopic (exact) mass is 361 g/mol. The largest absolute Gasteiger partial charge is 0.466 e. The summed E-state index contributed by atoms with van der Waals surface area (Å²) in [4.78, 5) is 4.68. The van der Waals surface area contributed by atoms with Gasteiger partial charge in [0.15, 0.2) is 5.96 Å². The van der Waals surface area contributed by atoms with Crippen molar-refractivity contribution in [2.75, 3.05) is 19.7 Å². The molecule has 1 aliphatic heterocycles. The van der Waals surface area contributed by atoms with Gasteiger partial charge in [-0.05, 0) is 45.2 Å². The molecule has 2 saturated carbocycles. The van der Waals surface area contributed by atoms with Gasteiger partial charge in [-0.15, -0.1) is 0 Å². The first-order chi connectivity index (χ1) is 12.6. The topological polar surface area (TPSA) is 79.0 Å². The smallest absolute Gasteiger partial charge is 0.191 e. The molecule has 1 spiro atoms. The average Bonchev–Trinajstić information content (AvgIpc) is 3.37. The molecule has 4 unspecified atom stereocenters. The van der Waals surface area contributed by atoms with Gasteiger partial charge in [-0.3, -0.25) is 0 Å². The maximum absolute atomic E-state index is 10.7. The van der Waals surface area contributed by atoms with Gasteiger partial charge in [0.05, 0.1) is 18.9 Å². The molecular weight excluding hydrogens is 330 g/mol. The summed E-state index contributed by atoms with van der Waals surface area (Å²) in [5.41, 5.74) is -0.837. The second kappa shape index (κ2) is 6.89. The summed E-state index contributed by atoms with van der Waals surface area (Å²) in [5.74, 6) is 1.90. The molecule has 2 aliphatic carbocycles. The Morgan fingerprint density at radius 3 is 2.92 bits per heavy atom. The Morgan fingerprint density at radius 1 is 1.42 bits per heavy atom. The first kappa shape index (κ1) is 17.9. The first-order valence-electron chi connectivity index (χ1n) is 10.00. The summed E-state index contributed by atoms with van der Waals surface area (Å²) in [6.45, 7) is 5.73. The Labute approximate surface area is 155 Å². The van der Waals surface area contributed by atoms with Gasteiger partial charge in [0.2, 0.25) is 0 Å². The molecule has 0 bridgehead atoms. The Morgan fingerprint density at radius 2 is 2.23 bits per heavy atom. The lowest BCUT2D eigenvalue weighted by Gasteiger charge is -2.57. The molecule has 3 N–H and O–H groups in total. The number of rotatable bonds is 5. The van der Waals surface area contributed by atoms with E-state index >= 15 is 0 Å². The van der Waals surface area contributed by atoms with Crippen LogP contribution >= 0.6 is 0 Å². The number of furan rings is 1. The Bertz CT molecular complexity index is 635. The zero-order valence-corrected chi connectivity index (χ0v) is 15.8. The van der Waals surface area contributed by atoms with E-state index in [0.717, 1.165) is 25.5 Å². The number of ether oxygens (including phenoxy) is 1. The lowest BCUT2D eigenvalue weighted by atomic mass is 9.54. The minimum Gasteiger partial charge on any atom is -0.466 e. The molecule has 0 aromatic carbocycles. The molecule has 0 amide bonds. The summed E-state index contributed by atoms with van der Waals surface area (Å²) < 4.78 is 11.4. The second-order valence-electron chi connectivity index (χ2n) is 8.25. The third kappa shape index (κ3) is 2.93. The van der Waals surface area contributed by atoms with Crippen molar-refractivity contribution < 1.29 is 14.3 Å². The second-order valence-corrected chi connectivity index (χ2v) is 8.25. The van der Waals surface area contributed by atoms with Crippen molar-refractivity contribution in [3.8, 4) is 0 Å². The van der Waals surface area contributed by atoms with Gasteiger partial charge in [-0.25, -0.2) is 4.99 Å². The highest BCUT2D eigenvalue weighted by Gasteiger charge is 2.65. The fourth-order valence-electron chi connectivity index (χ4n) is 5.27. The van der Waals surface area contributed by atoms with Crippen molar-refractivity contribution in [3.63, 3.8) is 0 Å². The van der Waals surface area contributed by atoms with Crippen LogP contribution in [0.25, 0.3) is 0 Å². The van der Waals surface area contributed by atoms with Crippen LogP contribution in [0.5, 0.6) is 0 Å². The van der Waals surface area contributed by atoms with E-state index in [1.165, 1.54) is 25.7 Å². The minimum absolute atomic E-state index is 0.250. The fourth-order valence-corrected chi connectivity index (χ4v) is 5.27. The minimum atomic E-state index is -1.12. The van der Waals surface area contributed by atoms with Crippen molar-refractivity contribution >= 4 is 5.96 Å². The van der Waals surface area contributed by atoms with E-state index < -0.39 is 5.60 Å². The molecule has 144 valence electrons. The van der Waals surface area contributed by atoms with Crippen LogP contribution in [0, 0.1) is 11.3 Å². The van der Waals surface area contributed by atoms with E-state index in [4.69, 9.17) is 9.15 Å². The Hall–Kier alpha value is -1.53. The van der Waals surface area contributed by atoms with E-state index in [-0.39, 0.29) is 12.0 Å². The number of aliphatic hydroxyl groups is 1. The highest BCUT2D eigenvalue weighted by atomic mass is 16.5. The molecule has 0 radical (unpaired) electrons. The number of guanidine groups is 1. The zero-order chi connectivity index (χ0) is 18.2. The Kier molecular flexibility index (Phi) is 4.73. The molecule has 1 aromatic heterocycles. The maximum atomic E-state index is 10.7. The number of fused-ring (bicyclic) bond motifs is 2. The quantitative estimate of drug-likeness (QED) is 0.554. The van der Waals surface area contributed by atoms with Crippen LogP contribution in [0.4, 0.5) is 0 Å². The number of hydrogen-bond acceptors (Lipinski definition) is 4. The van der Waals surface area contributed by atoms with Gasteiger partial charge in [-0.2, -0.15) is 0 Å². The van der Waals surface area contributed by atoms with Crippen LogP contribution in [0.2, 0.25) is 0 Å². The molecule has 4 rings (SSSR count). The van der Waals surface area contributed by atoms with Crippen LogP contribution in [0.1, 0.15) is 51.7 Å². The molecular formula is C20H31N3O3. The van der Waals surface area contributed by atoms with Crippen molar-refractivity contribution in [2.45, 2.75) is 63.7 Å². The van der Waals surface area contributed by atoms with Crippen molar-refractivity contribution in [3.05, 3.63) is 24.2 Å². The summed E-state index contributed by atoms with van der Waals surface area (Å²) in [7, 11) is 0. The van der Waals surface area contributed by atoms with Gasteiger partial charge >= 0.3 is 0 Å². The molecule has 6 heteroatoms. The average molecular weight is 361 g/mol. The SMILES string of the molecule is CCNC(=NCC(C)(O)c1ccco1)NC1C2CCOC2C12CCCC2. The molecule has 26 heavy (non-hydrogen) atoms. The van der Waals surface area contributed by atoms with Crippen molar-refractivity contribution in [1.29, 1.82) is 0 Å². The van der Waals surface area contributed by atoms with Crippen LogP contribution in [-0.4, -0.2) is 42.9 Å². The van der Waals surface area contributed by atoms with E-state index in [1.54, 1.807) is 25.3 Å². The van der Waals surface area contributed by atoms with E-state index in [9.17, 15) is 5.11 Å². The summed E-state index contributed by atoms with van der Waals surface area (Å²) in [6, 6.07) is 3.99. The standard InChI is InChI=1S/C20H31N3O3/c1-3-21-18(22-13-19(2,24)15-7-6-11-25-15)23-16-14-8-12-26-17(14)20(16)9-4-5-10-20/h6-7,11,14,16-17,24H,3-5,8-10,12-13H2,1-2H3,(H2,21,22,23). The van der Waals surface area contributed by atoms with Gasteiger partial charge < -0.3 is 24.9 Å². The van der Waals surface area contributed by atoms with Crippen molar-refractivity contribution in [1.82, 2.24) is 10.6 Å². The number of aliphatic imine (C=N–C) groups is 1. The number of hydrogen-bond donors (Lipinski definition) is 3. The van der Waals surface area contributed by atoms with E-state index in [2.05, 4.69) is 22.5 Å². The van der Waals surface area contributed by atoms with Crippen molar-refractivity contribution in [2.24, 2.45) is 16.3 Å². The summed E-state index contributed by atoms with van der Waals surface area (Å²) in [5, 5.41) is 17.7. The maximum Gasteiger partial charge on any atom is 0.191 e. The van der Waals surface area contributed by atoms with Crippen LogP contribution in [0.15, 0.2) is 27.8 Å². The highest BCUT2D eigenvalue weighted by molar-refractivity contribution is 5.80. The predicted molar refractivity (Wildman–Crippen MR) is 99.9 cm³/mol. The first-order valence-corrected chi connectivity index (χ1v) is 10.00. The lowest BCUT2D eigenvalue weighted by molar-refractivity contribution is -0.125. The van der Waals surface area contributed by atoms with E-state index in [1.807, 2.05) is 0 Å². The van der Waals surface area contributed by atoms with Crippen LogP contribution < -0.4 is 10.6 Å². The summed E-state index contributed by atoms with van der Waals surface area (Å²) in [6.07, 6.45) is 8.22. The van der Waals surface area contributed by atoms with Gasteiger partial charge in [0, 0.05) is 30.5 Å². The fraction of sp³-hybridized carbons (Fsp3) is 0.750. The third-order valence-electron chi connectivity index (χ3n) is 6.52. The number of nitrogens with zero attached hydrogens (tertiary/aromatic N) is 1. The molecule has 2 heterocycles. The Balaban J connectivity index is 1.48. The van der Waals surface area contributed by atoms with E-state index in [0.29, 0.717) is 23.8 Å². The van der Waals surface area contributed by atoms with Gasteiger partial charge in [0.25, 0.3) is 0 Å². The predicted octanol–water partition coefficient (Wildman–Crippen LogP) is 2.39.